The molecule has 0 aromatic heterocycles. The van der Waals surface area contributed by atoms with Crippen LogP contribution in [0.25, 0.3) is 0 Å². The molecule has 2 aliphatic heterocycles. The van der Waals surface area contributed by atoms with E-state index in [9.17, 15) is 28.8 Å². The molecule has 0 aliphatic carbocycles. The van der Waals surface area contributed by atoms with Crippen molar-refractivity contribution in [2.45, 2.75) is 31.8 Å². The molecule has 46 heavy (non-hydrogen) atoms. The number of thioether (sulfide) groups is 1. The molecular weight excluding hydrogens is 635 g/mol. The highest BCUT2D eigenvalue weighted by molar-refractivity contribution is 7.99. The number of piperazine rings is 1. The van der Waals surface area contributed by atoms with Gasteiger partial charge in [0.1, 0.15) is 0 Å². The molecule has 7 amide bonds. The molecule has 15 nitrogen and oxygen atoms in total. The van der Waals surface area contributed by atoms with Crippen molar-refractivity contribution in [1.29, 1.82) is 0 Å². The third-order valence-electron chi connectivity index (χ3n) is 7.13. The lowest BCUT2D eigenvalue weighted by atomic mass is 10.2. The molecule has 0 saturated carbocycles. The van der Waals surface area contributed by atoms with E-state index in [0.29, 0.717) is 44.0 Å². The van der Waals surface area contributed by atoms with Gasteiger partial charge in [-0.05, 0) is 61.7 Å². The maximum Gasteiger partial charge on any atom is 0.315 e. The molecule has 2 aliphatic rings. The van der Waals surface area contributed by atoms with Crippen LogP contribution in [0.4, 0.5) is 16.2 Å². The fourth-order valence-electron chi connectivity index (χ4n) is 4.47. The zero-order valence-electron chi connectivity index (χ0n) is 25.7. The fourth-order valence-corrected chi connectivity index (χ4v) is 5.80. The molecule has 2 heterocycles. The molecule has 17 heteroatoms. The highest BCUT2D eigenvalue weighted by atomic mass is 32.2. The second kappa shape index (κ2) is 18.6. The topological polar surface area (TPSA) is 193 Å². The van der Waals surface area contributed by atoms with Crippen molar-refractivity contribution in [3.8, 4) is 0 Å². The van der Waals surface area contributed by atoms with E-state index in [1.54, 1.807) is 45.8 Å². The number of nitrogens with one attached hydrogen (secondary N) is 7. The van der Waals surface area contributed by atoms with Gasteiger partial charge in [-0.1, -0.05) is 6.58 Å². The van der Waals surface area contributed by atoms with Gasteiger partial charge in [0.05, 0.1) is 25.7 Å². The molecule has 2 unspecified atom stereocenters. The van der Waals surface area contributed by atoms with Crippen molar-refractivity contribution in [2.75, 3.05) is 68.0 Å². The first kappa shape index (κ1) is 36.1. The van der Waals surface area contributed by atoms with Gasteiger partial charge in [-0.2, -0.15) is 11.8 Å². The lowest BCUT2D eigenvalue weighted by Gasteiger charge is -2.34. The van der Waals surface area contributed by atoms with Crippen LogP contribution in [0.15, 0.2) is 36.9 Å². The van der Waals surface area contributed by atoms with Gasteiger partial charge in [-0.3, -0.25) is 24.0 Å². The number of anilines is 2. The zero-order valence-corrected chi connectivity index (χ0v) is 27.3. The first-order chi connectivity index (χ1) is 22.0. The van der Waals surface area contributed by atoms with Crippen molar-refractivity contribution in [2.24, 2.45) is 0 Å². The molecule has 2 fully saturated rings. The summed E-state index contributed by atoms with van der Waals surface area (Å²) in [6, 6.07) is 7.02. The van der Waals surface area contributed by atoms with Crippen LogP contribution in [0.3, 0.4) is 0 Å². The summed E-state index contributed by atoms with van der Waals surface area (Å²) in [6.45, 7) is 6.14. The van der Waals surface area contributed by atoms with Crippen LogP contribution in [0.5, 0.6) is 0 Å². The van der Waals surface area contributed by atoms with Crippen LogP contribution in [0.1, 0.15) is 19.8 Å². The Morgan fingerprint density at radius 2 is 1.48 bits per heavy atom. The molecule has 0 spiro atoms. The van der Waals surface area contributed by atoms with Crippen LogP contribution in [0, 0.1) is 0 Å². The Bertz CT molecular complexity index is 1290. The van der Waals surface area contributed by atoms with Gasteiger partial charge in [-0.15, -0.1) is 0 Å². The normalized spacial score (nSPS) is 17.2. The van der Waals surface area contributed by atoms with E-state index in [1.165, 1.54) is 0 Å². The fraction of sp³-hybridized carbons (Fsp3) is 0.483. The second-order valence-electron chi connectivity index (χ2n) is 10.6. The predicted molar refractivity (Wildman–Crippen MR) is 180 cm³/mol. The van der Waals surface area contributed by atoms with Crippen molar-refractivity contribution < 1.29 is 28.8 Å². The van der Waals surface area contributed by atoms with Gasteiger partial charge in [0.15, 0.2) is 5.11 Å². The number of thiocarbonyl (C=S) groups is 1. The number of nitrogens with zero attached hydrogens (tertiary/aromatic N) is 2. The van der Waals surface area contributed by atoms with E-state index in [4.69, 9.17) is 12.2 Å². The minimum Gasteiger partial charge on any atom is -0.353 e. The number of carbonyl (C=O) groups is 6. The van der Waals surface area contributed by atoms with Gasteiger partial charge in [-0.25, -0.2) is 4.79 Å². The molecular formula is C29H41N9O6S2. The van der Waals surface area contributed by atoms with E-state index in [1.807, 2.05) is 6.92 Å². The van der Waals surface area contributed by atoms with Crippen LogP contribution in [0.2, 0.25) is 0 Å². The molecule has 0 bridgehead atoms. The average Bonchev–Trinajstić information content (AvgIpc) is 3.37. The van der Waals surface area contributed by atoms with Gasteiger partial charge in [0.2, 0.25) is 29.5 Å². The summed E-state index contributed by atoms with van der Waals surface area (Å²) in [4.78, 5) is 74.9. The van der Waals surface area contributed by atoms with Crippen molar-refractivity contribution in [3.63, 3.8) is 0 Å². The standard InChI is InChI=1S/C29H41N9O6S2/c1-3-23(39)30-16-26(42)37-10-12-38(13-11-37)27(43)17-31-25(41)15-32-29(45)35-21-8-6-20(7-9-21)34-24(40)5-4-14-46-18-22-19(2)33-28(44)36-22/h3,6-9,19,22H,1,4-5,10-18H2,2H3,(H,30,39)(H,31,41)(H,34,40)(H2,32,35,45)(H2,33,36,44). The first-order valence-corrected chi connectivity index (χ1v) is 16.4. The number of urea groups is 1. The SMILES string of the molecule is C=CC(=O)NCC(=O)N1CCN(C(=O)CNC(=O)CNC(=S)Nc2ccc(NC(=O)CCCSCC3NC(=O)NC3C)cc2)CC1. The second-order valence-corrected chi connectivity index (χ2v) is 12.1. The largest absolute Gasteiger partial charge is 0.353 e. The van der Waals surface area contributed by atoms with Crippen molar-refractivity contribution in [3.05, 3.63) is 36.9 Å². The summed E-state index contributed by atoms with van der Waals surface area (Å²) >= 11 is 6.96. The Labute approximate surface area is 277 Å². The lowest BCUT2D eigenvalue weighted by molar-refractivity contribution is -0.139. The zero-order chi connectivity index (χ0) is 33.5. The van der Waals surface area contributed by atoms with Crippen LogP contribution >= 0.6 is 24.0 Å². The van der Waals surface area contributed by atoms with Crippen molar-refractivity contribution in [1.82, 2.24) is 36.4 Å². The quantitative estimate of drug-likeness (QED) is 0.0730. The van der Waals surface area contributed by atoms with Crippen LogP contribution < -0.4 is 37.2 Å². The van der Waals surface area contributed by atoms with E-state index in [0.717, 1.165) is 24.0 Å². The molecule has 2 saturated heterocycles. The Kier molecular flexibility index (Phi) is 14.6. The van der Waals surface area contributed by atoms with Gasteiger partial charge in [0, 0.05) is 55.8 Å². The summed E-state index contributed by atoms with van der Waals surface area (Å²) in [5.41, 5.74) is 1.30. The van der Waals surface area contributed by atoms with Gasteiger partial charge in [0.25, 0.3) is 0 Å². The molecule has 0 radical (unpaired) electrons. The number of benzene rings is 1. The number of amides is 7. The average molecular weight is 676 g/mol. The van der Waals surface area contributed by atoms with Gasteiger partial charge < -0.3 is 47.0 Å². The van der Waals surface area contributed by atoms with Crippen LogP contribution in [-0.2, 0) is 24.0 Å². The van der Waals surface area contributed by atoms with Crippen molar-refractivity contribution >= 4 is 76.0 Å². The Balaban J connectivity index is 1.24. The molecule has 1 aromatic carbocycles. The minimum atomic E-state index is -0.430. The summed E-state index contributed by atoms with van der Waals surface area (Å²) in [5, 5.41) is 19.5. The van der Waals surface area contributed by atoms with E-state index in [2.05, 4.69) is 43.8 Å². The maximum atomic E-state index is 12.5. The van der Waals surface area contributed by atoms with E-state index in [-0.39, 0.29) is 60.6 Å². The molecule has 7 N–H and O–H groups in total. The highest BCUT2D eigenvalue weighted by Gasteiger charge is 2.27. The predicted octanol–water partition coefficient (Wildman–Crippen LogP) is -0.416. The maximum absolute atomic E-state index is 12.5. The smallest absolute Gasteiger partial charge is 0.315 e. The number of rotatable bonds is 15. The third kappa shape index (κ3) is 12.5. The monoisotopic (exact) mass is 675 g/mol. The summed E-state index contributed by atoms with van der Waals surface area (Å²) in [5.74, 6) is 0.162. The molecule has 250 valence electrons. The Hall–Kier alpha value is -4.38. The van der Waals surface area contributed by atoms with E-state index < -0.39 is 11.8 Å². The Morgan fingerprint density at radius 1 is 0.891 bits per heavy atom. The summed E-state index contributed by atoms with van der Waals surface area (Å²) in [7, 11) is 0. The molecule has 2 atom stereocenters. The summed E-state index contributed by atoms with van der Waals surface area (Å²) in [6.07, 6.45) is 2.20. The first-order valence-electron chi connectivity index (χ1n) is 14.9. The molecule has 3 rings (SSSR count). The van der Waals surface area contributed by atoms with Gasteiger partial charge >= 0.3 is 6.03 Å². The number of carbonyl (C=O) groups excluding carboxylic acids is 6. The minimum absolute atomic E-state index is 0.0873. The number of hydrogen-bond acceptors (Lipinski definition) is 8. The third-order valence-corrected chi connectivity index (χ3v) is 8.54. The Morgan fingerprint density at radius 3 is 2.04 bits per heavy atom. The number of hydrogen-bond donors (Lipinski definition) is 7. The summed E-state index contributed by atoms with van der Waals surface area (Å²) < 4.78 is 0. The van der Waals surface area contributed by atoms with E-state index >= 15 is 0 Å². The highest BCUT2D eigenvalue weighted by Crippen LogP contribution is 2.15. The van der Waals surface area contributed by atoms with Crippen LogP contribution in [-0.4, -0.2) is 120 Å². The molecule has 1 aromatic rings. The lowest BCUT2D eigenvalue weighted by Crippen LogP contribution is -2.54.